The van der Waals surface area contributed by atoms with Crippen molar-refractivity contribution >= 4 is 5.69 Å². The van der Waals surface area contributed by atoms with Crippen LogP contribution in [0.3, 0.4) is 0 Å². The third-order valence-corrected chi connectivity index (χ3v) is 3.00. The quantitative estimate of drug-likeness (QED) is 0.744. The second-order valence-corrected chi connectivity index (χ2v) is 4.68. The molecule has 4 heteroatoms. The Bertz CT molecular complexity index is 485. The molecule has 2 aromatic rings. The molecule has 0 fully saturated rings. The lowest BCUT2D eigenvalue weighted by Crippen LogP contribution is -2.01. The van der Waals surface area contributed by atoms with Crippen molar-refractivity contribution in [3.8, 4) is 5.75 Å². The largest absolute Gasteiger partial charge is 0.494 e. The molecule has 0 saturated heterocycles. The predicted octanol–water partition coefficient (Wildman–Crippen LogP) is 3.66. The predicted molar refractivity (Wildman–Crippen MR) is 80.8 cm³/mol. The van der Waals surface area contributed by atoms with E-state index in [1.54, 1.807) is 12.4 Å². The summed E-state index contributed by atoms with van der Waals surface area (Å²) in [5, 5.41) is 3.27. The van der Waals surface area contributed by atoms with Crippen LogP contribution >= 0.6 is 0 Å². The van der Waals surface area contributed by atoms with Gasteiger partial charge in [-0.3, -0.25) is 0 Å². The summed E-state index contributed by atoms with van der Waals surface area (Å²) in [7, 11) is 0. The Hall–Kier alpha value is -2.10. The molecular formula is C16H21N3O. The molecule has 0 saturated carbocycles. The van der Waals surface area contributed by atoms with E-state index in [1.807, 2.05) is 12.1 Å². The molecule has 0 aliphatic heterocycles. The fourth-order valence-electron chi connectivity index (χ4n) is 1.84. The van der Waals surface area contributed by atoms with Gasteiger partial charge in [0.2, 0.25) is 0 Å². The number of benzene rings is 1. The van der Waals surface area contributed by atoms with Crippen LogP contribution in [-0.2, 0) is 6.54 Å². The number of nitrogens with one attached hydrogen (secondary N) is 1. The number of hydrogen-bond acceptors (Lipinski definition) is 4. The average molecular weight is 271 g/mol. The Morgan fingerprint density at radius 2 is 1.80 bits per heavy atom. The van der Waals surface area contributed by atoms with Crippen LogP contribution in [-0.4, -0.2) is 16.6 Å². The maximum Gasteiger partial charge on any atom is 0.119 e. The summed E-state index contributed by atoms with van der Waals surface area (Å²) in [6.07, 6.45) is 8.61. The molecule has 0 unspecified atom stereocenters. The molecule has 0 radical (unpaired) electrons. The Kier molecular flexibility index (Phi) is 5.83. The van der Waals surface area contributed by atoms with E-state index < -0.39 is 0 Å². The highest BCUT2D eigenvalue weighted by Gasteiger charge is 1.97. The fourth-order valence-corrected chi connectivity index (χ4v) is 1.84. The highest BCUT2D eigenvalue weighted by molar-refractivity contribution is 5.38. The molecule has 0 aliphatic carbocycles. The maximum absolute atomic E-state index is 5.69. The molecule has 0 atom stereocenters. The van der Waals surface area contributed by atoms with Crippen molar-refractivity contribution in [1.82, 2.24) is 9.97 Å². The highest BCUT2D eigenvalue weighted by atomic mass is 16.5. The Balaban J connectivity index is 1.76. The summed E-state index contributed by atoms with van der Waals surface area (Å²) in [4.78, 5) is 7.93. The minimum absolute atomic E-state index is 0.753. The number of ether oxygens (including phenoxy) is 1. The maximum atomic E-state index is 5.69. The minimum Gasteiger partial charge on any atom is -0.494 e. The first kappa shape index (κ1) is 14.3. The zero-order chi connectivity index (χ0) is 14.0. The van der Waals surface area contributed by atoms with Gasteiger partial charge in [0.25, 0.3) is 0 Å². The van der Waals surface area contributed by atoms with Crippen LogP contribution < -0.4 is 10.1 Å². The molecule has 106 valence electrons. The molecule has 1 aromatic heterocycles. The zero-order valence-corrected chi connectivity index (χ0v) is 11.9. The van der Waals surface area contributed by atoms with Gasteiger partial charge >= 0.3 is 0 Å². The van der Waals surface area contributed by atoms with Crippen LogP contribution in [0.2, 0.25) is 0 Å². The van der Waals surface area contributed by atoms with Gasteiger partial charge in [-0.2, -0.15) is 0 Å². The minimum atomic E-state index is 0.753. The van der Waals surface area contributed by atoms with Crippen LogP contribution in [0.5, 0.6) is 5.75 Å². The fraction of sp³-hybridized carbons (Fsp3) is 0.375. The summed E-state index contributed by atoms with van der Waals surface area (Å²) < 4.78 is 5.69. The van der Waals surface area contributed by atoms with Gasteiger partial charge < -0.3 is 10.1 Å². The standard InChI is InChI=1S/C16H21N3O/c1-2-3-4-9-20-16-7-5-14(6-8-16)10-19-15-11-17-13-18-12-15/h5-8,11-13,19H,2-4,9-10H2,1H3. The summed E-state index contributed by atoms with van der Waals surface area (Å²) in [5.74, 6) is 0.938. The number of hydrogen-bond donors (Lipinski definition) is 1. The lowest BCUT2D eigenvalue weighted by Gasteiger charge is -2.08. The van der Waals surface area contributed by atoms with Gasteiger partial charge in [0.05, 0.1) is 24.7 Å². The van der Waals surface area contributed by atoms with Gasteiger partial charge in [0.1, 0.15) is 12.1 Å². The summed E-state index contributed by atoms with van der Waals surface area (Å²) in [6.45, 7) is 3.75. The van der Waals surface area contributed by atoms with E-state index in [0.29, 0.717) is 0 Å². The van der Waals surface area contributed by atoms with Crippen molar-refractivity contribution in [2.75, 3.05) is 11.9 Å². The van der Waals surface area contributed by atoms with Crippen molar-refractivity contribution in [2.24, 2.45) is 0 Å². The molecule has 1 N–H and O–H groups in total. The highest BCUT2D eigenvalue weighted by Crippen LogP contribution is 2.14. The molecule has 4 nitrogen and oxygen atoms in total. The molecular weight excluding hydrogens is 250 g/mol. The third-order valence-electron chi connectivity index (χ3n) is 3.00. The number of aromatic nitrogens is 2. The Morgan fingerprint density at radius 1 is 1.05 bits per heavy atom. The van der Waals surface area contributed by atoms with Crippen LogP contribution in [0.15, 0.2) is 43.0 Å². The van der Waals surface area contributed by atoms with Crippen LogP contribution in [0, 0.1) is 0 Å². The van der Waals surface area contributed by atoms with Crippen molar-refractivity contribution in [3.63, 3.8) is 0 Å². The van der Waals surface area contributed by atoms with Gasteiger partial charge in [-0.05, 0) is 24.1 Å². The molecule has 1 aromatic carbocycles. The van der Waals surface area contributed by atoms with E-state index in [9.17, 15) is 0 Å². The van der Waals surface area contributed by atoms with Gasteiger partial charge in [0.15, 0.2) is 0 Å². The second-order valence-electron chi connectivity index (χ2n) is 4.68. The number of rotatable bonds is 8. The Labute approximate surface area is 120 Å². The third kappa shape index (κ3) is 4.88. The smallest absolute Gasteiger partial charge is 0.119 e. The van der Waals surface area contributed by atoms with Crippen molar-refractivity contribution in [2.45, 2.75) is 32.7 Å². The molecule has 0 bridgehead atoms. The monoisotopic (exact) mass is 271 g/mol. The zero-order valence-electron chi connectivity index (χ0n) is 11.9. The van der Waals surface area contributed by atoms with Gasteiger partial charge in [-0.1, -0.05) is 31.9 Å². The van der Waals surface area contributed by atoms with Crippen LogP contribution in [0.25, 0.3) is 0 Å². The molecule has 0 amide bonds. The molecule has 2 rings (SSSR count). The van der Waals surface area contributed by atoms with Gasteiger partial charge in [-0.25, -0.2) is 9.97 Å². The van der Waals surface area contributed by atoms with Gasteiger partial charge in [0, 0.05) is 6.54 Å². The summed E-state index contributed by atoms with van der Waals surface area (Å²) in [6, 6.07) is 8.19. The van der Waals surface area contributed by atoms with E-state index >= 15 is 0 Å². The molecule has 20 heavy (non-hydrogen) atoms. The van der Waals surface area contributed by atoms with E-state index in [4.69, 9.17) is 4.74 Å². The Morgan fingerprint density at radius 3 is 2.50 bits per heavy atom. The second kappa shape index (κ2) is 8.15. The van der Waals surface area contributed by atoms with Crippen molar-refractivity contribution < 1.29 is 4.74 Å². The number of nitrogens with zero attached hydrogens (tertiary/aromatic N) is 2. The average Bonchev–Trinajstić information content (AvgIpc) is 2.52. The van der Waals surface area contributed by atoms with Crippen LogP contribution in [0.1, 0.15) is 31.7 Å². The molecule has 0 spiro atoms. The number of unbranched alkanes of at least 4 members (excludes halogenated alkanes) is 2. The van der Waals surface area contributed by atoms with E-state index in [2.05, 4.69) is 34.3 Å². The number of anilines is 1. The lowest BCUT2D eigenvalue weighted by molar-refractivity contribution is 0.306. The van der Waals surface area contributed by atoms with Crippen LogP contribution in [0.4, 0.5) is 5.69 Å². The first-order chi connectivity index (χ1) is 9.88. The van der Waals surface area contributed by atoms with E-state index in [-0.39, 0.29) is 0 Å². The topological polar surface area (TPSA) is 47.0 Å². The SMILES string of the molecule is CCCCCOc1ccc(CNc2cncnc2)cc1. The first-order valence-electron chi connectivity index (χ1n) is 7.09. The molecule has 0 aliphatic rings. The van der Waals surface area contributed by atoms with E-state index in [1.165, 1.54) is 24.7 Å². The molecule has 1 heterocycles. The van der Waals surface area contributed by atoms with Crippen molar-refractivity contribution in [3.05, 3.63) is 48.5 Å². The summed E-state index contributed by atoms with van der Waals surface area (Å²) in [5.41, 5.74) is 2.13. The van der Waals surface area contributed by atoms with Gasteiger partial charge in [-0.15, -0.1) is 0 Å². The summed E-state index contributed by atoms with van der Waals surface area (Å²) >= 11 is 0. The normalized spacial score (nSPS) is 10.2. The van der Waals surface area contributed by atoms with Crippen molar-refractivity contribution in [1.29, 1.82) is 0 Å². The van der Waals surface area contributed by atoms with E-state index in [0.717, 1.165) is 31.0 Å². The first-order valence-corrected chi connectivity index (χ1v) is 7.09. The lowest BCUT2D eigenvalue weighted by atomic mass is 10.2.